The van der Waals surface area contributed by atoms with Crippen LogP contribution in [0.3, 0.4) is 0 Å². The number of aliphatic hydroxyl groups excluding tert-OH is 3. The highest BCUT2D eigenvalue weighted by Crippen LogP contribution is 2.19. The van der Waals surface area contributed by atoms with Crippen molar-refractivity contribution in [3.63, 3.8) is 0 Å². The van der Waals surface area contributed by atoms with E-state index in [9.17, 15) is 10.2 Å². The summed E-state index contributed by atoms with van der Waals surface area (Å²) in [5, 5.41) is 30.8. The Morgan fingerprint density at radius 1 is 0.792 bits per heavy atom. The molecule has 0 spiro atoms. The van der Waals surface area contributed by atoms with Gasteiger partial charge in [-0.05, 0) is 6.42 Å². The predicted molar refractivity (Wildman–Crippen MR) is 111 cm³/mol. The molecule has 0 aromatic rings. The summed E-state index contributed by atoms with van der Waals surface area (Å²) in [5.74, 6) is -0.237. The maximum absolute atomic E-state index is 9.49. The second kappa shape index (κ2) is 34.2. The van der Waals surface area contributed by atoms with Crippen molar-refractivity contribution in [2.24, 2.45) is 5.92 Å². The molecule has 1 aliphatic heterocycles. The normalized spacial score (nSPS) is 23.8. The molecule has 0 saturated carbocycles. The van der Waals surface area contributed by atoms with Gasteiger partial charge >= 0.3 is 0 Å². The number of hydrogen-bond acceptors (Lipinski definition) is 4. The molecular weight excluding hydrogens is 302 g/mol. The van der Waals surface area contributed by atoms with E-state index in [0.29, 0.717) is 6.54 Å². The Hall–Kier alpha value is -0.160. The monoisotopic (exact) mass is 353 g/mol. The van der Waals surface area contributed by atoms with Gasteiger partial charge in [-0.1, -0.05) is 89.0 Å². The van der Waals surface area contributed by atoms with Crippen molar-refractivity contribution in [1.82, 2.24) is 5.32 Å². The van der Waals surface area contributed by atoms with Crippen LogP contribution in [0.25, 0.3) is 0 Å². The highest BCUT2D eigenvalue weighted by molar-refractivity contribution is 4.90. The summed E-state index contributed by atoms with van der Waals surface area (Å²) < 4.78 is 0. The Kier molecular flexibility index (Phi) is 50.0. The van der Waals surface area contributed by atoms with Gasteiger partial charge in [0.1, 0.15) is 0 Å². The van der Waals surface area contributed by atoms with Gasteiger partial charge in [-0.2, -0.15) is 0 Å². The van der Waals surface area contributed by atoms with Crippen molar-refractivity contribution >= 4 is 0 Å². The van der Waals surface area contributed by atoms with Crippen molar-refractivity contribution in [3.05, 3.63) is 0 Å². The van der Waals surface area contributed by atoms with Crippen molar-refractivity contribution in [2.45, 2.75) is 114 Å². The van der Waals surface area contributed by atoms with Crippen LogP contribution in [-0.4, -0.2) is 46.7 Å². The summed E-state index contributed by atoms with van der Waals surface area (Å²) in [7, 11) is 0. The summed E-state index contributed by atoms with van der Waals surface area (Å²) in [4.78, 5) is 0. The van der Waals surface area contributed by atoms with Gasteiger partial charge in [-0.25, -0.2) is 0 Å². The first-order valence-corrected chi connectivity index (χ1v) is 10.2. The SMILES string of the molecule is CC.CC.CC.CCC.CCC.CCC1NCC(O)C(O)C1CO. The van der Waals surface area contributed by atoms with Crippen molar-refractivity contribution in [3.8, 4) is 0 Å². The van der Waals surface area contributed by atoms with E-state index >= 15 is 0 Å². The fourth-order valence-electron chi connectivity index (χ4n) is 1.75. The Bertz CT molecular complexity index is 165. The molecule has 4 unspecified atom stereocenters. The van der Waals surface area contributed by atoms with Gasteiger partial charge < -0.3 is 20.6 Å². The molecule has 0 aliphatic carbocycles. The van der Waals surface area contributed by atoms with Crippen LogP contribution in [0.4, 0.5) is 0 Å². The summed E-state index contributed by atoms with van der Waals surface area (Å²) >= 11 is 0. The minimum Gasteiger partial charge on any atom is -0.396 e. The second-order valence-electron chi connectivity index (χ2n) is 4.74. The zero-order valence-electron chi connectivity index (χ0n) is 18.7. The average Bonchev–Trinajstić information content (AvgIpc) is 2.63. The van der Waals surface area contributed by atoms with E-state index in [4.69, 9.17) is 5.11 Å². The zero-order valence-corrected chi connectivity index (χ0v) is 18.7. The Balaban J connectivity index is -0.0000000840. The van der Waals surface area contributed by atoms with Gasteiger partial charge in [0.15, 0.2) is 0 Å². The van der Waals surface area contributed by atoms with Crippen molar-refractivity contribution in [1.29, 1.82) is 0 Å². The molecule has 1 fully saturated rings. The van der Waals surface area contributed by atoms with Gasteiger partial charge in [0, 0.05) is 25.1 Å². The maximum atomic E-state index is 9.49. The second-order valence-corrected chi connectivity index (χ2v) is 4.74. The van der Waals surface area contributed by atoms with E-state index in [1.165, 1.54) is 12.8 Å². The van der Waals surface area contributed by atoms with E-state index in [2.05, 4.69) is 33.0 Å². The summed E-state index contributed by atoms with van der Waals surface area (Å²) in [6.07, 6.45) is 1.82. The summed E-state index contributed by atoms with van der Waals surface area (Å²) in [6, 6.07) is 0.119. The molecule has 1 rings (SSSR count). The summed E-state index contributed by atoms with van der Waals surface area (Å²) in [6.45, 7) is 22.8. The number of rotatable bonds is 2. The Labute approximate surface area is 154 Å². The molecular formula is C20H51NO3. The molecule has 4 heteroatoms. The van der Waals surface area contributed by atoms with Crippen LogP contribution in [0.5, 0.6) is 0 Å². The number of hydrogen-bond donors (Lipinski definition) is 4. The van der Waals surface area contributed by atoms with Crippen molar-refractivity contribution < 1.29 is 15.3 Å². The summed E-state index contributed by atoms with van der Waals surface area (Å²) in [5.41, 5.74) is 0. The first-order chi connectivity index (χ1) is 11.5. The Morgan fingerprint density at radius 3 is 1.38 bits per heavy atom. The molecule has 0 radical (unpaired) electrons. The first-order valence-electron chi connectivity index (χ1n) is 10.2. The van der Waals surface area contributed by atoms with Crippen LogP contribution < -0.4 is 5.32 Å². The van der Waals surface area contributed by atoms with Gasteiger partial charge in [0.2, 0.25) is 0 Å². The van der Waals surface area contributed by atoms with E-state index in [1.807, 2.05) is 48.5 Å². The largest absolute Gasteiger partial charge is 0.396 e. The van der Waals surface area contributed by atoms with Crippen LogP contribution in [0.1, 0.15) is 95.4 Å². The minimum absolute atomic E-state index is 0.0796. The fraction of sp³-hybridized carbons (Fsp3) is 1.00. The van der Waals surface area contributed by atoms with E-state index in [0.717, 1.165) is 6.42 Å². The number of aliphatic hydroxyl groups is 3. The molecule has 1 heterocycles. The van der Waals surface area contributed by atoms with Crippen LogP contribution in [-0.2, 0) is 0 Å². The highest BCUT2D eigenvalue weighted by atomic mass is 16.3. The molecule has 1 aliphatic rings. The number of nitrogens with one attached hydrogen (secondary N) is 1. The lowest BCUT2D eigenvalue weighted by Crippen LogP contribution is -2.57. The van der Waals surface area contributed by atoms with E-state index in [1.54, 1.807) is 0 Å². The third-order valence-electron chi connectivity index (χ3n) is 2.59. The lowest BCUT2D eigenvalue weighted by atomic mass is 9.86. The standard InChI is InChI=1S/C8H17NO3.2C3H8.3C2H6/c1-2-6-5(4-10)8(12)7(11)3-9-6;2*1-3-2;3*1-2/h5-12H,2-4H2,1H3;2*3H2,1-2H3;3*1-2H3. The highest BCUT2D eigenvalue weighted by Gasteiger charge is 2.35. The van der Waals surface area contributed by atoms with Gasteiger partial charge in [0.05, 0.1) is 12.2 Å². The number of piperidine rings is 1. The van der Waals surface area contributed by atoms with Crippen LogP contribution in [0.15, 0.2) is 0 Å². The van der Waals surface area contributed by atoms with Gasteiger partial charge in [-0.15, -0.1) is 0 Å². The lowest BCUT2D eigenvalue weighted by molar-refractivity contribution is -0.0670. The maximum Gasteiger partial charge on any atom is 0.0927 e. The molecule has 0 amide bonds. The van der Waals surface area contributed by atoms with Gasteiger partial charge in [-0.3, -0.25) is 0 Å². The molecule has 4 N–H and O–H groups in total. The van der Waals surface area contributed by atoms with E-state index in [-0.39, 0.29) is 18.6 Å². The molecule has 154 valence electrons. The van der Waals surface area contributed by atoms with Gasteiger partial charge in [0.25, 0.3) is 0 Å². The number of β-amino-alcohol motifs (C(OH)–C–C–N with tert-alkyl or cyclic N) is 1. The van der Waals surface area contributed by atoms with Crippen LogP contribution in [0, 0.1) is 5.92 Å². The minimum atomic E-state index is -0.791. The average molecular weight is 354 g/mol. The molecule has 0 aromatic carbocycles. The fourth-order valence-corrected chi connectivity index (χ4v) is 1.75. The predicted octanol–water partition coefficient (Wildman–Crippen LogP) is 4.61. The molecule has 4 nitrogen and oxygen atoms in total. The van der Waals surface area contributed by atoms with Crippen molar-refractivity contribution in [2.75, 3.05) is 13.2 Å². The molecule has 0 aromatic heterocycles. The molecule has 24 heavy (non-hydrogen) atoms. The molecule has 1 saturated heterocycles. The zero-order chi connectivity index (χ0) is 20.6. The topological polar surface area (TPSA) is 72.7 Å². The lowest BCUT2D eigenvalue weighted by Gasteiger charge is -2.37. The first kappa shape index (κ1) is 35.0. The van der Waals surface area contributed by atoms with E-state index < -0.39 is 12.2 Å². The third-order valence-corrected chi connectivity index (χ3v) is 2.59. The smallest absolute Gasteiger partial charge is 0.0927 e. The third kappa shape index (κ3) is 21.8. The van der Waals surface area contributed by atoms with Crippen LogP contribution >= 0.6 is 0 Å². The molecule has 4 atom stereocenters. The quantitative estimate of drug-likeness (QED) is 0.585. The molecule has 0 bridgehead atoms. The Morgan fingerprint density at radius 2 is 1.12 bits per heavy atom. The van der Waals surface area contributed by atoms with Crippen LogP contribution in [0.2, 0.25) is 0 Å².